The van der Waals surface area contributed by atoms with Gasteiger partial charge in [0.05, 0.1) is 34.4 Å². The van der Waals surface area contributed by atoms with Crippen molar-refractivity contribution in [3.05, 3.63) is 72.9 Å². The quantitative estimate of drug-likeness (QED) is 0.0225. The lowest BCUT2D eigenvalue weighted by Crippen LogP contribution is -2.40. The lowest BCUT2D eigenvalue weighted by Gasteiger charge is -2.25. The van der Waals surface area contributed by atoms with E-state index in [-0.39, 0.29) is 38.6 Å². The maximum absolute atomic E-state index is 12.7. The van der Waals surface area contributed by atoms with Crippen molar-refractivity contribution in [2.24, 2.45) is 0 Å². The molecule has 0 radical (unpaired) electrons. The molecule has 0 aromatic heterocycles. The summed E-state index contributed by atoms with van der Waals surface area (Å²) in [6.45, 7) is 4.61. The van der Waals surface area contributed by atoms with Gasteiger partial charge in [0.25, 0.3) is 6.29 Å². The fourth-order valence-corrected chi connectivity index (χ4v) is 4.86. The predicted molar refractivity (Wildman–Crippen MR) is 216 cm³/mol. The summed E-state index contributed by atoms with van der Waals surface area (Å²) in [5.74, 6) is -2.14. The largest absolute Gasteiger partial charge is 0.477 e. The Morgan fingerprint density at radius 3 is 1.57 bits per heavy atom. The Morgan fingerprint density at radius 1 is 0.585 bits per heavy atom. The molecule has 0 aliphatic heterocycles. The minimum absolute atomic E-state index is 0.132. The second kappa shape index (κ2) is 35.7. The van der Waals surface area contributed by atoms with Gasteiger partial charge >= 0.3 is 17.9 Å². The molecule has 0 bridgehead atoms. The molecular formula is C44H74NO8+. The van der Waals surface area contributed by atoms with Crippen LogP contribution < -0.4 is 0 Å². The number of allylic oxidation sites excluding steroid dienone is 12. The van der Waals surface area contributed by atoms with Crippen LogP contribution in [0.1, 0.15) is 129 Å². The lowest BCUT2D eigenvalue weighted by atomic mass is 10.1. The molecule has 0 aliphatic rings. The lowest BCUT2D eigenvalue weighted by molar-refractivity contribution is -0.870. The molecule has 0 amide bonds. The number of carboxylic acid groups (broad SMARTS) is 1. The molecule has 9 heteroatoms. The number of ether oxygens (including phenoxy) is 4. The zero-order chi connectivity index (χ0) is 39.3. The standard InChI is InChI=1S/C44H73NO8/c1-6-8-10-12-14-16-17-18-19-20-21-22-23-24-25-27-29-31-33-35-42(47)53-40(39-52-44(43(48)49)50-37-36-45(3,4)5)38-51-41(46)34-32-30-28-26-15-13-11-9-7-2/h8,10,14,16,18-19,21-22,24-25,29,31,40,44H,6-7,9,11-13,15,17,20,23,26-28,30,32-39H2,1-5H3/p+1/b10-8-,16-14-,19-18-,22-21-,25-24-,31-29-. The molecule has 0 saturated heterocycles. The van der Waals surface area contributed by atoms with Gasteiger partial charge in [0.2, 0.25) is 0 Å². The zero-order valence-electron chi connectivity index (χ0n) is 33.9. The predicted octanol–water partition coefficient (Wildman–Crippen LogP) is 9.99. The van der Waals surface area contributed by atoms with E-state index in [9.17, 15) is 19.5 Å². The van der Waals surface area contributed by atoms with Gasteiger partial charge in [-0.1, -0.05) is 138 Å². The molecule has 0 aromatic rings. The Hall–Kier alpha value is -3.27. The van der Waals surface area contributed by atoms with Gasteiger partial charge < -0.3 is 28.5 Å². The molecule has 0 fully saturated rings. The molecule has 0 aromatic carbocycles. The number of unbranched alkanes of at least 4 members (excludes halogenated alkanes) is 8. The number of hydrogen-bond acceptors (Lipinski definition) is 7. The molecule has 2 atom stereocenters. The average molecular weight is 745 g/mol. The van der Waals surface area contributed by atoms with Crippen LogP contribution in [0.25, 0.3) is 0 Å². The molecule has 53 heavy (non-hydrogen) atoms. The summed E-state index contributed by atoms with van der Waals surface area (Å²) in [6.07, 6.45) is 39.9. The summed E-state index contributed by atoms with van der Waals surface area (Å²) in [4.78, 5) is 36.8. The number of quaternary nitrogens is 1. The first kappa shape index (κ1) is 49.7. The normalized spacial score (nSPS) is 13.8. The number of hydrogen-bond donors (Lipinski definition) is 1. The maximum atomic E-state index is 12.7. The molecule has 302 valence electrons. The van der Waals surface area contributed by atoms with Gasteiger partial charge in [-0.25, -0.2) is 4.79 Å². The van der Waals surface area contributed by atoms with E-state index in [0.717, 1.165) is 57.8 Å². The van der Waals surface area contributed by atoms with Crippen molar-refractivity contribution in [2.45, 2.75) is 142 Å². The maximum Gasteiger partial charge on any atom is 0.361 e. The fourth-order valence-electron chi connectivity index (χ4n) is 4.86. The summed E-state index contributed by atoms with van der Waals surface area (Å²) in [5, 5.41) is 9.58. The third-order valence-electron chi connectivity index (χ3n) is 7.99. The highest BCUT2D eigenvalue weighted by molar-refractivity contribution is 5.71. The van der Waals surface area contributed by atoms with Crippen molar-refractivity contribution in [2.75, 3.05) is 47.5 Å². The highest BCUT2D eigenvalue weighted by atomic mass is 16.7. The van der Waals surface area contributed by atoms with Crippen LogP contribution in [-0.2, 0) is 33.3 Å². The Labute approximate surface area is 322 Å². The highest BCUT2D eigenvalue weighted by Gasteiger charge is 2.25. The summed E-state index contributed by atoms with van der Waals surface area (Å²) in [5.41, 5.74) is 0. The smallest absolute Gasteiger partial charge is 0.361 e. The number of carbonyl (C=O) groups excluding carboxylic acids is 2. The van der Waals surface area contributed by atoms with Crippen molar-refractivity contribution < 1.29 is 42.9 Å². The van der Waals surface area contributed by atoms with E-state index in [0.29, 0.717) is 17.4 Å². The number of carbonyl (C=O) groups is 3. The monoisotopic (exact) mass is 745 g/mol. The van der Waals surface area contributed by atoms with Crippen LogP contribution in [-0.4, -0.2) is 87.4 Å². The molecule has 0 saturated carbocycles. The summed E-state index contributed by atoms with van der Waals surface area (Å²) in [7, 11) is 5.91. The summed E-state index contributed by atoms with van der Waals surface area (Å²) >= 11 is 0. The van der Waals surface area contributed by atoms with Gasteiger partial charge in [0.15, 0.2) is 6.10 Å². The van der Waals surface area contributed by atoms with Crippen LogP contribution in [0.2, 0.25) is 0 Å². The number of esters is 2. The van der Waals surface area contributed by atoms with Crippen LogP contribution in [0.15, 0.2) is 72.9 Å². The van der Waals surface area contributed by atoms with Crippen LogP contribution in [0.3, 0.4) is 0 Å². The van der Waals surface area contributed by atoms with Crippen LogP contribution in [0.5, 0.6) is 0 Å². The van der Waals surface area contributed by atoms with Crippen molar-refractivity contribution in [3.8, 4) is 0 Å². The Bertz CT molecular complexity index is 1100. The van der Waals surface area contributed by atoms with E-state index in [1.807, 2.05) is 33.3 Å². The molecule has 0 rings (SSSR count). The second-order valence-electron chi connectivity index (χ2n) is 14.2. The van der Waals surface area contributed by atoms with E-state index in [1.54, 1.807) is 0 Å². The van der Waals surface area contributed by atoms with E-state index in [4.69, 9.17) is 18.9 Å². The van der Waals surface area contributed by atoms with Gasteiger partial charge in [-0.05, 0) is 51.4 Å². The topological polar surface area (TPSA) is 108 Å². The van der Waals surface area contributed by atoms with Gasteiger partial charge in [-0.3, -0.25) is 9.59 Å². The molecule has 2 unspecified atom stereocenters. The second-order valence-corrected chi connectivity index (χ2v) is 14.2. The molecule has 0 spiro atoms. The fraction of sp³-hybridized carbons (Fsp3) is 0.659. The number of aliphatic carboxylic acids is 1. The number of rotatable bonds is 35. The van der Waals surface area contributed by atoms with Crippen LogP contribution in [0.4, 0.5) is 0 Å². The van der Waals surface area contributed by atoms with E-state index in [2.05, 4.69) is 74.6 Å². The van der Waals surface area contributed by atoms with Crippen molar-refractivity contribution in [1.82, 2.24) is 0 Å². The molecule has 0 heterocycles. The Kier molecular flexibility index (Phi) is 33.5. The van der Waals surface area contributed by atoms with Gasteiger partial charge in [-0.2, -0.15) is 0 Å². The Balaban J connectivity index is 4.63. The summed E-state index contributed by atoms with van der Waals surface area (Å²) < 4.78 is 22.5. The number of carboxylic acids is 1. The molecule has 9 nitrogen and oxygen atoms in total. The van der Waals surface area contributed by atoms with Crippen LogP contribution in [0, 0.1) is 0 Å². The SMILES string of the molecule is CC/C=C\C/C=C\C/C=C\C/C=C\C/C=C\C/C=C\CCC(=O)OC(COC(=O)CCCCCCCCCCC)COC(OCC[N+](C)(C)C)C(=O)O. The van der Waals surface area contributed by atoms with E-state index >= 15 is 0 Å². The highest BCUT2D eigenvalue weighted by Crippen LogP contribution is 2.12. The third-order valence-corrected chi connectivity index (χ3v) is 7.99. The molecule has 1 N–H and O–H groups in total. The van der Waals surface area contributed by atoms with Gasteiger partial charge in [0, 0.05) is 12.8 Å². The first-order chi connectivity index (χ1) is 25.6. The van der Waals surface area contributed by atoms with Crippen molar-refractivity contribution >= 4 is 17.9 Å². The first-order valence-corrected chi connectivity index (χ1v) is 20.1. The molecular weight excluding hydrogens is 670 g/mol. The Morgan fingerprint density at radius 2 is 1.08 bits per heavy atom. The van der Waals surface area contributed by atoms with E-state index in [1.165, 1.54) is 38.5 Å². The van der Waals surface area contributed by atoms with E-state index < -0.39 is 24.3 Å². The summed E-state index contributed by atoms with van der Waals surface area (Å²) in [6, 6.07) is 0. The number of likely N-dealkylation sites (N-methyl/N-ethyl adjacent to an activating group) is 1. The van der Waals surface area contributed by atoms with Gasteiger partial charge in [0.1, 0.15) is 13.2 Å². The molecule has 0 aliphatic carbocycles. The van der Waals surface area contributed by atoms with Gasteiger partial charge in [-0.15, -0.1) is 0 Å². The minimum atomic E-state index is -1.53. The number of nitrogens with zero attached hydrogens (tertiary/aromatic N) is 1. The van der Waals surface area contributed by atoms with Crippen LogP contribution >= 0.6 is 0 Å². The minimum Gasteiger partial charge on any atom is -0.477 e. The van der Waals surface area contributed by atoms with Crippen molar-refractivity contribution in [1.29, 1.82) is 0 Å². The zero-order valence-corrected chi connectivity index (χ0v) is 33.9. The third kappa shape index (κ3) is 36.9. The van der Waals surface area contributed by atoms with Crippen molar-refractivity contribution in [3.63, 3.8) is 0 Å². The first-order valence-electron chi connectivity index (χ1n) is 20.1. The average Bonchev–Trinajstić information content (AvgIpc) is 3.11.